The van der Waals surface area contributed by atoms with E-state index in [0.717, 1.165) is 81.9 Å². The van der Waals surface area contributed by atoms with Crippen LogP contribution in [-0.4, -0.2) is 100 Å². The molecule has 0 spiro atoms. The van der Waals surface area contributed by atoms with Crippen molar-refractivity contribution in [3.05, 3.63) is 53.2 Å². The summed E-state index contributed by atoms with van der Waals surface area (Å²) >= 11 is 6.51. The fraction of sp³-hybridized carbons (Fsp3) is 0.484. The summed E-state index contributed by atoms with van der Waals surface area (Å²) in [5.41, 5.74) is 4.08. The van der Waals surface area contributed by atoms with E-state index in [-0.39, 0.29) is 0 Å². The molecule has 13 heteroatoms. The Morgan fingerprint density at radius 2 is 1.75 bits per heavy atom. The number of para-hydroxylation sites is 1. The van der Waals surface area contributed by atoms with Crippen LogP contribution in [0.25, 0.3) is 0 Å². The second-order valence-electron chi connectivity index (χ2n) is 11.8. The van der Waals surface area contributed by atoms with E-state index >= 15 is 0 Å². The van der Waals surface area contributed by atoms with Gasteiger partial charge in [-0.3, -0.25) is 9.21 Å². The van der Waals surface area contributed by atoms with E-state index in [0.29, 0.717) is 46.5 Å². The molecule has 236 valence electrons. The normalized spacial score (nSPS) is 18.6. The Labute approximate surface area is 265 Å². The number of hydrogen-bond donors (Lipinski definition) is 2. The quantitative estimate of drug-likeness (QED) is 0.364. The van der Waals surface area contributed by atoms with Crippen LogP contribution in [0.2, 0.25) is 5.02 Å². The number of likely N-dealkylation sites (N-methyl/N-ethyl adjacent to an activating group) is 1. The number of aryl methyl sites for hydroxylation is 1. The predicted octanol–water partition coefficient (Wildman–Crippen LogP) is 4.55. The van der Waals surface area contributed by atoms with Gasteiger partial charge in [0.25, 0.3) is 0 Å². The Morgan fingerprint density at radius 3 is 2.48 bits per heavy atom. The molecule has 2 fully saturated rings. The molecule has 11 nitrogen and oxygen atoms in total. The molecule has 1 aromatic heterocycles. The van der Waals surface area contributed by atoms with Crippen molar-refractivity contribution in [3.63, 3.8) is 0 Å². The van der Waals surface area contributed by atoms with E-state index in [1.54, 1.807) is 7.11 Å². The first-order valence-electron chi connectivity index (χ1n) is 15.2. The van der Waals surface area contributed by atoms with Crippen LogP contribution < -0.4 is 24.6 Å². The topological polar surface area (TPSA) is 106 Å². The van der Waals surface area contributed by atoms with Gasteiger partial charge in [-0.15, -0.1) is 0 Å². The number of rotatable bonds is 8. The van der Waals surface area contributed by atoms with E-state index in [1.165, 1.54) is 16.8 Å². The van der Waals surface area contributed by atoms with Crippen molar-refractivity contribution in [1.29, 1.82) is 0 Å². The molecule has 2 aromatic carbocycles. The highest BCUT2D eigenvalue weighted by atomic mass is 35.5. The molecule has 2 N–H and O–H groups in total. The summed E-state index contributed by atoms with van der Waals surface area (Å²) < 4.78 is 32.4. The zero-order valence-electron chi connectivity index (χ0n) is 25.6. The maximum absolute atomic E-state index is 12.6. The van der Waals surface area contributed by atoms with Gasteiger partial charge >= 0.3 is 0 Å². The third-order valence-corrected chi connectivity index (χ3v) is 10.3. The second-order valence-corrected chi connectivity index (χ2v) is 14.1. The van der Waals surface area contributed by atoms with Gasteiger partial charge in [0.1, 0.15) is 10.8 Å². The first-order valence-corrected chi connectivity index (χ1v) is 17.4. The van der Waals surface area contributed by atoms with Gasteiger partial charge in [0, 0.05) is 63.6 Å². The van der Waals surface area contributed by atoms with Crippen LogP contribution in [-0.2, 0) is 16.4 Å². The van der Waals surface area contributed by atoms with Crippen molar-refractivity contribution >= 4 is 56.1 Å². The average Bonchev–Trinajstić information content (AvgIpc) is 3.03. The minimum Gasteiger partial charge on any atom is -0.494 e. The minimum absolute atomic E-state index is 0.317. The van der Waals surface area contributed by atoms with E-state index < -0.39 is 10.0 Å². The van der Waals surface area contributed by atoms with Gasteiger partial charge in [-0.05, 0) is 56.5 Å². The Balaban J connectivity index is 1.16. The molecule has 0 radical (unpaired) electrons. The first kappa shape index (κ1) is 30.7. The number of benzene rings is 2. The minimum atomic E-state index is -3.45. The SMILES string of the molecule is COc1cc(N2CCC(N3CCN(C)CC3)CC2)ccc1Nc1ncc(Cl)c(Nc2cccc3c2N(S(C)(=O)=O)CCC3)n1. The maximum atomic E-state index is 12.6. The van der Waals surface area contributed by atoms with Gasteiger partial charge in [-0.2, -0.15) is 4.98 Å². The lowest BCUT2D eigenvalue weighted by Crippen LogP contribution is -2.52. The van der Waals surface area contributed by atoms with Crippen LogP contribution in [0.5, 0.6) is 5.75 Å². The molecule has 4 heterocycles. The molecule has 0 aliphatic carbocycles. The van der Waals surface area contributed by atoms with Crippen LogP contribution >= 0.6 is 11.6 Å². The predicted molar refractivity (Wildman–Crippen MR) is 178 cm³/mol. The number of sulfonamides is 1. The lowest BCUT2D eigenvalue weighted by molar-refractivity contribution is 0.0982. The van der Waals surface area contributed by atoms with Crippen molar-refractivity contribution in [2.45, 2.75) is 31.7 Å². The van der Waals surface area contributed by atoms with Crippen molar-refractivity contribution in [3.8, 4) is 5.75 Å². The number of anilines is 6. The maximum Gasteiger partial charge on any atom is 0.232 e. The number of hydrogen-bond acceptors (Lipinski definition) is 10. The molecule has 0 unspecified atom stereocenters. The smallest absolute Gasteiger partial charge is 0.232 e. The van der Waals surface area contributed by atoms with Gasteiger partial charge in [0.15, 0.2) is 5.82 Å². The number of fused-ring (bicyclic) bond motifs is 1. The fourth-order valence-corrected chi connectivity index (χ4v) is 7.61. The molecule has 3 aliphatic rings. The second kappa shape index (κ2) is 13.0. The molecule has 0 amide bonds. The number of aromatic nitrogens is 2. The van der Waals surface area contributed by atoms with E-state index in [4.69, 9.17) is 16.3 Å². The fourth-order valence-electron chi connectivity index (χ4n) is 6.46. The van der Waals surface area contributed by atoms with Crippen molar-refractivity contribution in [2.75, 3.05) is 86.1 Å². The zero-order valence-corrected chi connectivity index (χ0v) is 27.2. The van der Waals surface area contributed by atoms with Gasteiger partial charge in [-0.1, -0.05) is 23.7 Å². The monoisotopic (exact) mass is 640 g/mol. The highest BCUT2D eigenvalue weighted by Crippen LogP contribution is 2.39. The zero-order chi connectivity index (χ0) is 30.8. The van der Waals surface area contributed by atoms with Gasteiger partial charge < -0.3 is 25.2 Å². The molecule has 0 atom stereocenters. The lowest BCUT2D eigenvalue weighted by Gasteiger charge is -2.42. The molecular formula is C31H41ClN8O3S. The summed E-state index contributed by atoms with van der Waals surface area (Å²) in [6.45, 7) is 7.08. The van der Waals surface area contributed by atoms with Gasteiger partial charge in [-0.25, -0.2) is 13.4 Å². The molecule has 3 aliphatic heterocycles. The molecule has 3 aromatic rings. The number of piperidine rings is 1. The number of nitrogens with one attached hydrogen (secondary N) is 2. The van der Waals surface area contributed by atoms with Gasteiger partial charge in [0.05, 0.1) is 36.6 Å². The third kappa shape index (κ3) is 6.68. The summed E-state index contributed by atoms with van der Waals surface area (Å²) in [4.78, 5) is 16.5. The highest BCUT2D eigenvalue weighted by molar-refractivity contribution is 7.92. The summed E-state index contributed by atoms with van der Waals surface area (Å²) in [6.07, 6.45) is 6.63. The first-order chi connectivity index (χ1) is 21.2. The Hall–Kier alpha value is -3.32. The van der Waals surface area contributed by atoms with Crippen molar-refractivity contribution in [1.82, 2.24) is 19.8 Å². The Kier molecular flexibility index (Phi) is 9.04. The largest absolute Gasteiger partial charge is 0.494 e. The molecule has 0 bridgehead atoms. The van der Waals surface area contributed by atoms with Crippen LogP contribution in [0.15, 0.2) is 42.6 Å². The van der Waals surface area contributed by atoms with Crippen LogP contribution in [0.4, 0.5) is 34.5 Å². The average molecular weight is 641 g/mol. The summed E-state index contributed by atoms with van der Waals surface area (Å²) in [5.74, 6) is 1.40. The van der Waals surface area contributed by atoms with Crippen molar-refractivity contribution in [2.24, 2.45) is 0 Å². The number of ether oxygens (including phenoxy) is 1. The van der Waals surface area contributed by atoms with Crippen LogP contribution in [0.3, 0.4) is 0 Å². The molecule has 44 heavy (non-hydrogen) atoms. The van der Waals surface area contributed by atoms with E-state index in [1.807, 2.05) is 24.3 Å². The molecule has 6 rings (SSSR count). The summed E-state index contributed by atoms with van der Waals surface area (Å²) in [6, 6.07) is 12.5. The molecule has 0 saturated carbocycles. The number of halogens is 1. The molecule has 2 saturated heterocycles. The number of nitrogens with zero attached hydrogens (tertiary/aromatic N) is 6. The number of methoxy groups -OCH3 is 1. The van der Waals surface area contributed by atoms with Crippen LogP contribution in [0, 0.1) is 0 Å². The van der Waals surface area contributed by atoms with E-state index in [2.05, 4.69) is 54.5 Å². The molecular weight excluding hydrogens is 600 g/mol. The van der Waals surface area contributed by atoms with E-state index in [9.17, 15) is 8.42 Å². The summed E-state index contributed by atoms with van der Waals surface area (Å²) in [5, 5.41) is 6.86. The lowest BCUT2D eigenvalue weighted by atomic mass is 10.0. The standard InChI is InChI=1S/C31H41ClN8O3S/c1-37-16-18-39(19-17-37)23-11-14-38(15-12-23)24-9-10-26(28(20-24)43-2)35-31-33-21-25(32)30(36-31)34-27-8-4-6-22-7-5-13-40(29(22)27)44(3,41)42/h4,6,8-10,20-21,23H,5,7,11-19H2,1-3H3,(H2,33,34,35,36). The Morgan fingerprint density at radius 1 is 0.977 bits per heavy atom. The van der Waals surface area contributed by atoms with Crippen LogP contribution in [0.1, 0.15) is 24.8 Å². The Bertz CT molecular complexity index is 1590. The number of piperazine rings is 1. The van der Waals surface area contributed by atoms with Gasteiger partial charge in [0.2, 0.25) is 16.0 Å². The van der Waals surface area contributed by atoms with Crippen molar-refractivity contribution < 1.29 is 13.2 Å². The highest BCUT2D eigenvalue weighted by Gasteiger charge is 2.28. The summed E-state index contributed by atoms with van der Waals surface area (Å²) in [7, 11) is 0.412. The third-order valence-electron chi connectivity index (χ3n) is 8.89.